The van der Waals surface area contributed by atoms with Gasteiger partial charge in [-0.05, 0) is 16.5 Å². The number of benzene rings is 1. The SMILES string of the molecule is CC(C)(C)c1ccc(CNC(=O)c2nccnc2-c2cnccn2)cc1. The molecule has 2 aromatic heterocycles. The van der Waals surface area contributed by atoms with Crippen LogP contribution in [0.3, 0.4) is 0 Å². The summed E-state index contributed by atoms with van der Waals surface area (Å²) in [5.74, 6) is -0.293. The highest BCUT2D eigenvalue weighted by atomic mass is 16.1. The molecule has 3 rings (SSSR count). The first kappa shape index (κ1) is 17.7. The molecular weight excluding hydrogens is 326 g/mol. The minimum absolute atomic E-state index is 0.104. The Bertz CT molecular complexity index is 886. The van der Waals surface area contributed by atoms with E-state index in [1.165, 1.54) is 18.0 Å². The van der Waals surface area contributed by atoms with Crippen molar-refractivity contribution < 1.29 is 4.79 Å². The third-order valence-corrected chi connectivity index (χ3v) is 3.99. The van der Waals surface area contributed by atoms with Crippen molar-refractivity contribution in [1.29, 1.82) is 0 Å². The molecule has 0 spiro atoms. The van der Waals surface area contributed by atoms with Crippen molar-refractivity contribution in [2.45, 2.75) is 32.7 Å². The smallest absolute Gasteiger partial charge is 0.272 e. The molecule has 0 aliphatic heterocycles. The Hall–Kier alpha value is -3.15. The normalized spacial score (nSPS) is 11.2. The van der Waals surface area contributed by atoms with Gasteiger partial charge in [0, 0.05) is 31.3 Å². The molecule has 6 nitrogen and oxygen atoms in total. The van der Waals surface area contributed by atoms with E-state index in [0.717, 1.165) is 5.56 Å². The largest absolute Gasteiger partial charge is 0.347 e. The van der Waals surface area contributed by atoms with Crippen LogP contribution in [0, 0.1) is 0 Å². The first-order valence-corrected chi connectivity index (χ1v) is 8.40. The molecule has 0 saturated carbocycles. The second kappa shape index (κ2) is 7.39. The zero-order valence-electron chi connectivity index (χ0n) is 15.1. The molecule has 0 aliphatic rings. The molecule has 0 unspecified atom stereocenters. The number of hydrogen-bond acceptors (Lipinski definition) is 5. The standard InChI is InChI=1S/C20H21N5O/c1-20(2,3)15-6-4-14(5-7-15)12-25-19(26)18-17(23-10-11-24-18)16-13-21-8-9-22-16/h4-11,13H,12H2,1-3H3,(H,25,26). The first-order valence-electron chi connectivity index (χ1n) is 8.40. The van der Waals surface area contributed by atoms with Gasteiger partial charge in [-0.2, -0.15) is 0 Å². The van der Waals surface area contributed by atoms with Crippen molar-refractivity contribution in [3.05, 3.63) is 72.1 Å². The number of rotatable bonds is 4. The quantitative estimate of drug-likeness (QED) is 0.784. The van der Waals surface area contributed by atoms with Crippen molar-refractivity contribution in [3.63, 3.8) is 0 Å². The van der Waals surface area contributed by atoms with E-state index in [0.29, 0.717) is 17.9 Å². The summed E-state index contributed by atoms with van der Waals surface area (Å²) in [6, 6.07) is 8.24. The van der Waals surface area contributed by atoms with E-state index in [1.54, 1.807) is 18.6 Å². The summed E-state index contributed by atoms with van der Waals surface area (Å²) in [7, 11) is 0. The zero-order chi connectivity index (χ0) is 18.6. The van der Waals surface area contributed by atoms with Crippen LogP contribution in [-0.2, 0) is 12.0 Å². The minimum atomic E-state index is -0.293. The minimum Gasteiger partial charge on any atom is -0.347 e. The number of carbonyl (C=O) groups excluding carboxylic acids is 1. The van der Waals surface area contributed by atoms with Crippen molar-refractivity contribution >= 4 is 5.91 Å². The van der Waals surface area contributed by atoms with Gasteiger partial charge in [-0.15, -0.1) is 0 Å². The second-order valence-electron chi connectivity index (χ2n) is 6.97. The van der Waals surface area contributed by atoms with Crippen LogP contribution >= 0.6 is 0 Å². The van der Waals surface area contributed by atoms with Crippen LogP contribution in [-0.4, -0.2) is 25.8 Å². The Morgan fingerprint density at radius 3 is 2.31 bits per heavy atom. The van der Waals surface area contributed by atoms with Crippen LogP contribution in [0.25, 0.3) is 11.4 Å². The summed E-state index contributed by atoms with van der Waals surface area (Å²) in [6.45, 7) is 6.93. The van der Waals surface area contributed by atoms with Crippen molar-refractivity contribution in [2.24, 2.45) is 0 Å². The lowest BCUT2D eigenvalue weighted by Gasteiger charge is -2.19. The lowest BCUT2D eigenvalue weighted by atomic mass is 9.87. The number of aromatic nitrogens is 4. The van der Waals surface area contributed by atoms with Gasteiger partial charge in [0.05, 0.1) is 6.20 Å². The van der Waals surface area contributed by atoms with Gasteiger partial charge in [0.15, 0.2) is 5.69 Å². The number of nitrogens with one attached hydrogen (secondary N) is 1. The molecule has 2 heterocycles. The molecule has 1 N–H and O–H groups in total. The van der Waals surface area contributed by atoms with Crippen LogP contribution in [0.15, 0.2) is 55.2 Å². The van der Waals surface area contributed by atoms with Gasteiger partial charge < -0.3 is 5.32 Å². The van der Waals surface area contributed by atoms with E-state index >= 15 is 0 Å². The van der Waals surface area contributed by atoms with E-state index in [4.69, 9.17) is 0 Å². The Morgan fingerprint density at radius 2 is 1.65 bits per heavy atom. The molecule has 0 aliphatic carbocycles. The van der Waals surface area contributed by atoms with E-state index in [2.05, 4.69) is 58.2 Å². The summed E-state index contributed by atoms with van der Waals surface area (Å²) in [5.41, 5.74) is 3.55. The molecule has 0 bridgehead atoms. The fourth-order valence-electron chi connectivity index (χ4n) is 2.50. The summed E-state index contributed by atoms with van der Waals surface area (Å²) in [6.07, 6.45) is 7.72. The molecule has 1 amide bonds. The predicted octanol–water partition coefficient (Wildman–Crippen LogP) is 3.16. The van der Waals surface area contributed by atoms with Gasteiger partial charge >= 0.3 is 0 Å². The van der Waals surface area contributed by atoms with Crippen LogP contribution in [0.4, 0.5) is 0 Å². The molecule has 0 fully saturated rings. The van der Waals surface area contributed by atoms with E-state index < -0.39 is 0 Å². The van der Waals surface area contributed by atoms with Crippen LogP contribution in [0.2, 0.25) is 0 Å². The summed E-state index contributed by atoms with van der Waals surface area (Å²) >= 11 is 0. The van der Waals surface area contributed by atoms with Gasteiger partial charge in [0.25, 0.3) is 5.91 Å². The van der Waals surface area contributed by atoms with Crippen LogP contribution < -0.4 is 5.32 Å². The molecule has 6 heteroatoms. The maximum Gasteiger partial charge on any atom is 0.272 e. The molecule has 0 saturated heterocycles. The van der Waals surface area contributed by atoms with Crippen molar-refractivity contribution in [1.82, 2.24) is 25.3 Å². The molecule has 1 aromatic carbocycles. The second-order valence-corrected chi connectivity index (χ2v) is 6.97. The fraction of sp³-hybridized carbons (Fsp3) is 0.250. The number of carbonyl (C=O) groups is 1. The van der Waals surface area contributed by atoms with E-state index in [9.17, 15) is 4.79 Å². The van der Waals surface area contributed by atoms with Gasteiger partial charge in [0.1, 0.15) is 11.4 Å². The number of hydrogen-bond donors (Lipinski definition) is 1. The van der Waals surface area contributed by atoms with Gasteiger partial charge in [0.2, 0.25) is 0 Å². The summed E-state index contributed by atoms with van der Waals surface area (Å²) < 4.78 is 0. The molecule has 3 aromatic rings. The fourth-order valence-corrected chi connectivity index (χ4v) is 2.50. The van der Waals surface area contributed by atoms with E-state index in [1.807, 2.05) is 12.1 Å². The Labute approximate surface area is 152 Å². The van der Waals surface area contributed by atoms with Crippen LogP contribution in [0.5, 0.6) is 0 Å². The zero-order valence-corrected chi connectivity index (χ0v) is 15.1. The third kappa shape index (κ3) is 4.08. The van der Waals surface area contributed by atoms with Crippen molar-refractivity contribution in [3.8, 4) is 11.4 Å². The Balaban J connectivity index is 1.73. The van der Waals surface area contributed by atoms with Gasteiger partial charge in [-0.3, -0.25) is 19.7 Å². The molecule has 26 heavy (non-hydrogen) atoms. The molecule has 132 valence electrons. The van der Waals surface area contributed by atoms with Crippen LogP contribution in [0.1, 0.15) is 42.4 Å². The lowest BCUT2D eigenvalue weighted by molar-refractivity contribution is 0.0946. The molecule has 0 radical (unpaired) electrons. The topological polar surface area (TPSA) is 80.7 Å². The highest BCUT2D eigenvalue weighted by molar-refractivity contribution is 5.97. The Kier molecular flexibility index (Phi) is 5.02. The average molecular weight is 347 g/mol. The maximum atomic E-state index is 12.6. The predicted molar refractivity (Wildman–Crippen MR) is 99.4 cm³/mol. The van der Waals surface area contributed by atoms with Gasteiger partial charge in [-0.1, -0.05) is 45.0 Å². The maximum absolute atomic E-state index is 12.6. The monoisotopic (exact) mass is 347 g/mol. The number of nitrogens with zero attached hydrogens (tertiary/aromatic N) is 4. The summed E-state index contributed by atoms with van der Waals surface area (Å²) in [5, 5.41) is 2.89. The highest BCUT2D eigenvalue weighted by Gasteiger charge is 2.17. The molecular formula is C20H21N5O. The third-order valence-electron chi connectivity index (χ3n) is 3.99. The van der Waals surface area contributed by atoms with E-state index in [-0.39, 0.29) is 17.0 Å². The first-order chi connectivity index (χ1) is 12.4. The summed E-state index contributed by atoms with van der Waals surface area (Å²) in [4.78, 5) is 29.2. The van der Waals surface area contributed by atoms with Gasteiger partial charge in [-0.25, -0.2) is 4.98 Å². The average Bonchev–Trinajstić information content (AvgIpc) is 2.66. The molecule has 0 atom stereocenters. The lowest BCUT2D eigenvalue weighted by Crippen LogP contribution is -2.25. The highest BCUT2D eigenvalue weighted by Crippen LogP contribution is 2.22. The number of amides is 1. The van der Waals surface area contributed by atoms with Crippen molar-refractivity contribution in [2.75, 3.05) is 0 Å². The Morgan fingerprint density at radius 1 is 0.962 bits per heavy atom.